The molecule has 2 N–H and O–H groups in total. The number of nitrogens with two attached hydrogens (primary N) is 1. The molecule has 0 saturated carbocycles. The van der Waals surface area contributed by atoms with Crippen LogP contribution in [-0.2, 0) is 21.3 Å². The Bertz CT molecular complexity index is 695. The van der Waals surface area contributed by atoms with Gasteiger partial charge in [0, 0.05) is 16.6 Å². The molecule has 0 unspecified atom stereocenters. The van der Waals surface area contributed by atoms with Gasteiger partial charge >= 0.3 is 0 Å². The number of hydrogen-bond donors (Lipinski definition) is 1. The second-order valence-corrected chi connectivity index (χ2v) is 6.65. The molecule has 0 aliphatic heterocycles. The molecule has 0 radical (unpaired) electrons. The molecule has 0 saturated heterocycles. The topological polar surface area (TPSA) is 60.2 Å². The second kappa shape index (κ2) is 6.68. The molecular formula is C17H19NO2S. The van der Waals surface area contributed by atoms with Gasteiger partial charge in [-0.1, -0.05) is 42.5 Å². The Balaban J connectivity index is 2.23. The minimum Gasteiger partial charge on any atom is -0.369 e. The molecule has 0 aliphatic rings. The van der Waals surface area contributed by atoms with E-state index < -0.39 is 16.7 Å². The first-order chi connectivity index (χ1) is 9.95. The van der Waals surface area contributed by atoms with Crippen LogP contribution in [0.1, 0.15) is 16.7 Å². The smallest absolute Gasteiger partial charge is 0.230 e. The van der Waals surface area contributed by atoms with Gasteiger partial charge < -0.3 is 5.73 Å². The van der Waals surface area contributed by atoms with Crippen molar-refractivity contribution in [3.8, 4) is 11.1 Å². The van der Waals surface area contributed by atoms with E-state index in [1.807, 2.05) is 24.3 Å². The fourth-order valence-electron chi connectivity index (χ4n) is 2.16. The number of carbonyl (C=O) groups is 1. The first kappa shape index (κ1) is 15.4. The number of rotatable bonds is 5. The van der Waals surface area contributed by atoms with Gasteiger partial charge in [0.15, 0.2) is 0 Å². The summed E-state index contributed by atoms with van der Waals surface area (Å²) in [5.74, 6) is -0.270. The third-order valence-corrected chi connectivity index (χ3v) is 4.66. The van der Waals surface area contributed by atoms with Crippen LogP contribution in [0.2, 0.25) is 0 Å². The Kier molecular flexibility index (Phi) is 4.91. The van der Waals surface area contributed by atoms with Crippen molar-refractivity contribution >= 4 is 16.7 Å². The number of carbonyl (C=O) groups excluding carboxylic acids is 1. The molecule has 3 nitrogen and oxygen atoms in total. The van der Waals surface area contributed by atoms with Gasteiger partial charge in [-0.25, -0.2) is 0 Å². The highest BCUT2D eigenvalue weighted by atomic mass is 32.2. The molecule has 2 aromatic carbocycles. The molecular weight excluding hydrogens is 282 g/mol. The highest BCUT2D eigenvalue weighted by Crippen LogP contribution is 2.23. The predicted molar refractivity (Wildman–Crippen MR) is 87.3 cm³/mol. The summed E-state index contributed by atoms with van der Waals surface area (Å²) in [7, 11) is -1.25. The number of amides is 1. The summed E-state index contributed by atoms with van der Waals surface area (Å²) in [6, 6.07) is 14.2. The predicted octanol–water partition coefficient (Wildman–Crippen LogP) is 2.70. The number of hydrogen-bond acceptors (Lipinski definition) is 2. The van der Waals surface area contributed by atoms with Gasteiger partial charge in [0.1, 0.15) is 5.75 Å². The third kappa shape index (κ3) is 4.26. The Morgan fingerprint density at radius 1 is 1.05 bits per heavy atom. The van der Waals surface area contributed by atoms with E-state index in [0.717, 1.165) is 16.7 Å². The summed E-state index contributed by atoms with van der Waals surface area (Å²) in [6.45, 7) is 4.17. The maximum absolute atomic E-state index is 11.8. The molecule has 2 rings (SSSR count). The Labute approximate surface area is 127 Å². The first-order valence-corrected chi connectivity index (χ1v) is 8.24. The van der Waals surface area contributed by atoms with Crippen molar-refractivity contribution in [2.24, 2.45) is 5.73 Å². The van der Waals surface area contributed by atoms with Crippen molar-refractivity contribution in [2.75, 3.05) is 5.75 Å². The molecule has 0 heterocycles. The highest BCUT2D eigenvalue weighted by molar-refractivity contribution is 7.84. The van der Waals surface area contributed by atoms with Crippen LogP contribution in [0.25, 0.3) is 11.1 Å². The quantitative estimate of drug-likeness (QED) is 0.923. The van der Waals surface area contributed by atoms with Crippen molar-refractivity contribution in [1.82, 2.24) is 0 Å². The Hall–Kier alpha value is -1.94. The lowest BCUT2D eigenvalue weighted by molar-refractivity contribution is -0.115. The standard InChI is InChI=1S/C17H19NO2S/c1-12-6-7-16(8-13(12)2)15-5-3-4-14(9-15)10-21(20)11-17(18)19/h3-9H,10-11H2,1-2H3,(H2,18,19)/t21-/m0/s1. The van der Waals surface area contributed by atoms with E-state index in [2.05, 4.69) is 32.0 Å². The van der Waals surface area contributed by atoms with Crippen LogP contribution in [0.15, 0.2) is 42.5 Å². The minimum atomic E-state index is -1.25. The van der Waals surface area contributed by atoms with Crippen molar-refractivity contribution in [3.05, 3.63) is 59.2 Å². The zero-order valence-corrected chi connectivity index (χ0v) is 13.1. The molecule has 0 spiro atoms. The van der Waals surface area contributed by atoms with Crippen molar-refractivity contribution in [2.45, 2.75) is 19.6 Å². The first-order valence-electron chi connectivity index (χ1n) is 6.75. The van der Waals surface area contributed by atoms with Gasteiger partial charge in [0.05, 0.1) is 0 Å². The number of primary amides is 1. The van der Waals surface area contributed by atoms with Crippen LogP contribution in [0.5, 0.6) is 0 Å². The summed E-state index contributed by atoms with van der Waals surface area (Å²) in [5.41, 5.74) is 10.8. The molecule has 1 atom stereocenters. The van der Waals surface area contributed by atoms with Gasteiger partial charge in [-0.3, -0.25) is 9.00 Å². The number of aryl methyl sites for hydroxylation is 2. The van der Waals surface area contributed by atoms with Gasteiger partial charge in [-0.2, -0.15) is 0 Å². The largest absolute Gasteiger partial charge is 0.369 e. The lowest BCUT2D eigenvalue weighted by Crippen LogP contribution is -2.20. The maximum atomic E-state index is 11.8. The molecule has 0 aliphatic carbocycles. The van der Waals surface area contributed by atoms with Crippen molar-refractivity contribution < 1.29 is 9.00 Å². The maximum Gasteiger partial charge on any atom is 0.230 e. The summed E-state index contributed by atoms with van der Waals surface area (Å²) < 4.78 is 11.8. The highest BCUT2D eigenvalue weighted by Gasteiger charge is 2.07. The van der Waals surface area contributed by atoms with Crippen molar-refractivity contribution in [3.63, 3.8) is 0 Å². The van der Waals surface area contributed by atoms with E-state index in [1.54, 1.807) is 0 Å². The molecule has 0 fully saturated rings. The Morgan fingerprint density at radius 2 is 1.76 bits per heavy atom. The molecule has 0 bridgehead atoms. The summed E-state index contributed by atoms with van der Waals surface area (Å²) in [5, 5.41) is 0. The summed E-state index contributed by atoms with van der Waals surface area (Å²) in [6.07, 6.45) is 0. The van der Waals surface area contributed by atoms with Gasteiger partial charge in [0.2, 0.25) is 5.91 Å². The van der Waals surface area contributed by atoms with Crippen molar-refractivity contribution in [1.29, 1.82) is 0 Å². The van der Waals surface area contributed by atoms with Crippen LogP contribution in [0.3, 0.4) is 0 Å². The zero-order chi connectivity index (χ0) is 15.4. The van der Waals surface area contributed by atoms with E-state index in [1.165, 1.54) is 11.1 Å². The second-order valence-electron chi connectivity index (χ2n) is 5.19. The molecule has 0 aromatic heterocycles. The minimum absolute atomic E-state index is 0.0894. The molecule has 4 heteroatoms. The molecule has 110 valence electrons. The monoisotopic (exact) mass is 301 g/mol. The van der Waals surface area contributed by atoms with E-state index in [0.29, 0.717) is 5.75 Å². The lowest BCUT2D eigenvalue weighted by Gasteiger charge is -2.08. The summed E-state index contributed by atoms with van der Waals surface area (Å²) >= 11 is 0. The van der Waals surface area contributed by atoms with Crippen LogP contribution < -0.4 is 5.73 Å². The van der Waals surface area contributed by atoms with E-state index in [9.17, 15) is 9.00 Å². The molecule has 21 heavy (non-hydrogen) atoms. The van der Waals surface area contributed by atoms with E-state index in [-0.39, 0.29) is 5.75 Å². The number of benzene rings is 2. The average Bonchev–Trinajstić information content (AvgIpc) is 2.41. The molecule has 2 aromatic rings. The zero-order valence-electron chi connectivity index (χ0n) is 12.3. The van der Waals surface area contributed by atoms with E-state index in [4.69, 9.17) is 5.73 Å². The Morgan fingerprint density at radius 3 is 2.43 bits per heavy atom. The average molecular weight is 301 g/mol. The van der Waals surface area contributed by atoms with Crippen LogP contribution in [-0.4, -0.2) is 15.9 Å². The normalized spacial score (nSPS) is 12.1. The van der Waals surface area contributed by atoms with Gasteiger partial charge in [0.25, 0.3) is 0 Å². The summed E-state index contributed by atoms with van der Waals surface area (Å²) in [4.78, 5) is 10.8. The lowest BCUT2D eigenvalue weighted by atomic mass is 9.99. The third-order valence-electron chi connectivity index (χ3n) is 3.40. The van der Waals surface area contributed by atoms with Crippen LogP contribution in [0, 0.1) is 13.8 Å². The SMILES string of the molecule is Cc1ccc(-c2cccc(C[S@](=O)CC(N)=O)c2)cc1C. The molecule has 1 amide bonds. The fourth-order valence-corrected chi connectivity index (χ4v) is 3.13. The fraction of sp³-hybridized carbons (Fsp3) is 0.235. The van der Waals surface area contributed by atoms with Gasteiger partial charge in [-0.05, 0) is 41.7 Å². The van der Waals surface area contributed by atoms with E-state index >= 15 is 0 Å². The van der Waals surface area contributed by atoms with Crippen LogP contribution >= 0.6 is 0 Å². The van der Waals surface area contributed by atoms with Gasteiger partial charge in [-0.15, -0.1) is 0 Å². The van der Waals surface area contributed by atoms with Crippen LogP contribution in [0.4, 0.5) is 0 Å².